The van der Waals surface area contributed by atoms with E-state index in [1.54, 1.807) is 6.08 Å². The van der Waals surface area contributed by atoms with E-state index in [1.165, 1.54) is 16.7 Å². The monoisotopic (exact) mass is 216 g/mol. The van der Waals surface area contributed by atoms with E-state index in [0.29, 0.717) is 6.42 Å². The van der Waals surface area contributed by atoms with Gasteiger partial charge in [0.25, 0.3) is 0 Å². The van der Waals surface area contributed by atoms with Crippen LogP contribution in [-0.2, 0) is 6.42 Å². The van der Waals surface area contributed by atoms with E-state index in [9.17, 15) is 4.39 Å². The quantitative estimate of drug-likeness (QED) is 0.682. The van der Waals surface area contributed by atoms with E-state index >= 15 is 0 Å². The standard InChI is InChI=1S/C15H17F/c1-11-4-3-5-13(8-11)9-14-10-15(16)7-6-12(14)2/h3-5,8,10H,6-7,9H2,1-2H3. The first-order valence-electron chi connectivity index (χ1n) is 5.75. The van der Waals surface area contributed by atoms with E-state index in [2.05, 4.69) is 38.1 Å². The topological polar surface area (TPSA) is 0 Å². The van der Waals surface area contributed by atoms with Crippen molar-refractivity contribution in [1.29, 1.82) is 0 Å². The fourth-order valence-corrected chi connectivity index (χ4v) is 2.10. The van der Waals surface area contributed by atoms with Crippen LogP contribution in [0.25, 0.3) is 0 Å². The molecule has 0 amide bonds. The summed E-state index contributed by atoms with van der Waals surface area (Å²) in [6, 6.07) is 8.42. The maximum atomic E-state index is 13.2. The van der Waals surface area contributed by atoms with Crippen molar-refractivity contribution in [2.45, 2.75) is 33.1 Å². The molecule has 0 N–H and O–H groups in total. The molecule has 2 rings (SSSR count). The highest BCUT2D eigenvalue weighted by molar-refractivity contribution is 5.36. The summed E-state index contributed by atoms with van der Waals surface area (Å²) in [7, 11) is 0. The van der Waals surface area contributed by atoms with E-state index < -0.39 is 0 Å². The van der Waals surface area contributed by atoms with E-state index in [1.807, 2.05) is 0 Å². The Morgan fingerprint density at radius 3 is 2.75 bits per heavy atom. The molecule has 0 heterocycles. The van der Waals surface area contributed by atoms with Crippen LogP contribution in [0.1, 0.15) is 30.9 Å². The molecular weight excluding hydrogens is 199 g/mol. The Labute approximate surface area is 96.5 Å². The molecule has 0 radical (unpaired) electrons. The Morgan fingerprint density at radius 1 is 1.19 bits per heavy atom. The number of allylic oxidation sites excluding steroid dienone is 4. The summed E-state index contributed by atoms with van der Waals surface area (Å²) in [6.07, 6.45) is 3.99. The van der Waals surface area contributed by atoms with Gasteiger partial charge < -0.3 is 0 Å². The Balaban J connectivity index is 2.21. The van der Waals surface area contributed by atoms with Crippen molar-refractivity contribution < 1.29 is 4.39 Å². The first-order chi connectivity index (χ1) is 7.65. The molecule has 1 heteroatoms. The zero-order valence-electron chi connectivity index (χ0n) is 9.89. The minimum atomic E-state index is 0.0215. The smallest absolute Gasteiger partial charge is 0.101 e. The van der Waals surface area contributed by atoms with Crippen LogP contribution in [0.5, 0.6) is 0 Å². The van der Waals surface area contributed by atoms with Crippen molar-refractivity contribution in [3.63, 3.8) is 0 Å². The molecule has 1 aromatic carbocycles. The maximum Gasteiger partial charge on any atom is 0.101 e. The zero-order chi connectivity index (χ0) is 11.5. The Bertz CT molecular complexity index is 452. The average Bonchev–Trinajstić information content (AvgIpc) is 2.24. The normalized spacial score (nSPS) is 16.3. The van der Waals surface area contributed by atoms with Crippen molar-refractivity contribution in [1.82, 2.24) is 0 Å². The minimum absolute atomic E-state index is 0.0215. The Kier molecular flexibility index (Phi) is 3.23. The van der Waals surface area contributed by atoms with Gasteiger partial charge in [0.2, 0.25) is 0 Å². The molecule has 0 aliphatic heterocycles. The second kappa shape index (κ2) is 4.65. The molecule has 0 atom stereocenters. The van der Waals surface area contributed by atoms with Gasteiger partial charge in [-0.05, 0) is 43.9 Å². The molecular formula is C15H17F. The van der Waals surface area contributed by atoms with Gasteiger partial charge in [-0.3, -0.25) is 0 Å². The highest BCUT2D eigenvalue weighted by atomic mass is 19.1. The van der Waals surface area contributed by atoms with Crippen LogP contribution >= 0.6 is 0 Å². The Morgan fingerprint density at radius 2 is 2.00 bits per heavy atom. The van der Waals surface area contributed by atoms with Crippen molar-refractivity contribution in [3.05, 3.63) is 58.4 Å². The molecule has 16 heavy (non-hydrogen) atoms. The summed E-state index contributed by atoms with van der Waals surface area (Å²) in [4.78, 5) is 0. The molecule has 0 saturated heterocycles. The molecule has 0 aromatic heterocycles. The van der Waals surface area contributed by atoms with Crippen LogP contribution in [0.2, 0.25) is 0 Å². The number of hydrogen-bond acceptors (Lipinski definition) is 0. The van der Waals surface area contributed by atoms with Gasteiger partial charge in [0.15, 0.2) is 0 Å². The van der Waals surface area contributed by atoms with Crippen LogP contribution in [0.3, 0.4) is 0 Å². The van der Waals surface area contributed by atoms with Crippen molar-refractivity contribution >= 4 is 0 Å². The summed E-state index contributed by atoms with van der Waals surface area (Å²) in [5.41, 5.74) is 4.99. The zero-order valence-corrected chi connectivity index (χ0v) is 9.89. The minimum Gasteiger partial charge on any atom is -0.212 e. The van der Waals surface area contributed by atoms with Gasteiger partial charge >= 0.3 is 0 Å². The van der Waals surface area contributed by atoms with Crippen LogP contribution in [0, 0.1) is 6.92 Å². The molecule has 0 unspecified atom stereocenters. The summed E-state index contributed by atoms with van der Waals surface area (Å²) >= 11 is 0. The molecule has 1 aliphatic carbocycles. The van der Waals surface area contributed by atoms with Gasteiger partial charge in [0.05, 0.1) is 0 Å². The number of aryl methyl sites for hydroxylation is 1. The molecule has 0 fully saturated rings. The first kappa shape index (κ1) is 11.1. The largest absolute Gasteiger partial charge is 0.212 e. The van der Waals surface area contributed by atoms with E-state index in [4.69, 9.17) is 0 Å². The van der Waals surface area contributed by atoms with E-state index in [-0.39, 0.29) is 5.83 Å². The van der Waals surface area contributed by atoms with Gasteiger partial charge in [-0.15, -0.1) is 0 Å². The molecule has 1 aliphatic rings. The van der Waals surface area contributed by atoms with Crippen LogP contribution in [0.4, 0.5) is 4.39 Å². The summed E-state index contributed by atoms with van der Waals surface area (Å²) in [5, 5.41) is 0. The lowest BCUT2D eigenvalue weighted by atomic mass is 9.93. The lowest BCUT2D eigenvalue weighted by molar-refractivity contribution is 0.577. The second-order valence-electron chi connectivity index (χ2n) is 4.56. The SMILES string of the molecule is CC1=C(Cc2cccc(C)c2)C=C(F)CC1. The lowest BCUT2D eigenvalue weighted by Gasteiger charge is -2.14. The molecule has 0 spiro atoms. The van der Waals surface area contributed by atoms with Gasteiger partial charge in [0.1, 0.15) is 5.83 Å². The third-order valence-corrected chi connectivity index (χ3v) is 3.09. The molecule has 0 nitrogen and oxygen atoms in total. The predicted molar refractivity (Wildman–Crippen MR) is 66.0 cm³/mol. The van der Waals surface area contributed by atoms with Crippen molar-refractivity contribution in [3.8, 4) is 0 Å². The maximum absolute atomic E-state index is 13.2. The molecule has 84 valence electrons. The first-order valence-corrected chi connectivity index (χ1v) is 5.75. The second-order valence-corrected chi connectivity index (χ2v) is 4.56. The summed E-state index contributed by atoms with van der Waals surface area (Å²) in [5.74, 6) is 0.0215. The summed E-state index contributed by atoms with van der Waals surface area (Å²) in [6.45, 7) is 4.19. The van der Waals surface area contributed by atoms with Gasteiger partial charge in [-0.25, -0.2) is 4.39 Å². The number of halogens is 1. The van der Waals surface area contributed by atoms with Crippen molar-refractivity contribution in [2.24, 2.45) is 0 Å². The summed E-state index contributed by atoms with van der Waals surface area (Å²) < 4.78 is 13.2. The highest BCUT2D eigenvalue weighted by Gasteiger charge is 2.10. The number of hydrogen-bond donors (Lipinski definition) is 0. The number of benzene rings is 1. The Hall–Kier alpha value is -1.37. The van der Waals surface area contributed by atoms with E-state index in [0.717, 1.165) is 18.4 Å². The third kappa shape index (κ3) is 2.60. The molecule has 1 aromatic rings. The van der Waals surface area contributed by atoms with Crippen LogP contribution < -0.4 is 0 Å². The van der Waals surface area contributed by atoms with Gasteiger partial charge in [-0.1, -0.05) is 35.4 Å². The van der Waals surface area contributed by atoms with Crippen LogP contribution in [-0.4, -0.2) is 0 Å². The molecule has 0 saturated carbocycles. The van der Waals surface area contributed by atoms with Crippen molar-refractivity contribution in [2.75, 3.05) is 0 Å². The van der Waals surface area contributed by atoms with Gasteiger partial charge in [0, 0.05) is 6.42 Å². The third-order valence-electron chi connectivity index (χ3n) is 3.09. The fourth-order valence-electron chi connectivity index (χ4n) is 2.10. The number of rotatable bonds is 2. The average molecular weight is 216 g/mol. The molecule has 0 bridgehead atoms. The fraction of sp³-hybridized carbons (Fsp3) is 0.333. The lowest BCUT2D eigenvalue weighted by Crippen LogP contribution is -1.98. The van der Waals surface area contributed by atoms with Crippen LogP contribution in [0.15, 0.2) is 47.3 Å². The highest BCUT2D eigenvalue weighted by Crippen LogP contribution is 2.26. The van der Waals surface area contributed by atoms with Gasteiger partial charge in [-0.2, -0.15) is 0 Å². The predicted octanol–water partition coefficient (Wildman–Crippen LogP) is 4.50.